The van der Waals surface area contributed by atoms with Gasteiger partial charge in [0, 0.05) is 24.2 Å². The maximum atomic E-state index is 13.1. The number of hydrogen-bond donors (Lipinski definition) is 1. The van der Waals surface area contributed by atoms with Crippen molar-refractivity contribution in [1.29, 1.82) is 0 Å². The third-order valence-electron chi connectivity index (χ3n) is 5.87. The van der Waals surface area contributed by atoms with Crippen LogP contribution in [0.5, 0.6) is 0 Å². The zero-order chi connectivity index (χ0) is 18.1. The molecule has 4 rings (SSSR count). The van der Waals surface area contributed by atoms with Gasteiger partial charge >= 0.3 is 0 Å². The number of H-pyrrole nitrogens is 1. The van der Waals surface area contributed by atoms with Crippen LogP contribution in [-0.2, 0) is 6.42 Å². The molecule has 3 nitrogen and oxygen atoms in total. The van der Waals surface area contributed by atoms with E-state index in [1.807, 2.05) is 18.3 Å². The normalized spacial score (nSPS) is 22.1. The maximum Gasteiger partial charge on any atom is 0.205 e. The molecular formula is C22H26FN3+. The van der Waals surface area contributed by atoms with Crippen LogP contribution in [0, 0.1) is 5.82 Å². The second-order valence-electron chi connectivity index (χ2n) is 7.31. The molecule has 1 N–H and O–H groups in total. The van der Waals surface area contributed by atoms with Gasteiger partial charge in [-0.1, -0.05) is 24.3 Å². The Kier molecular flexibility index (Phi) is 4.79. The molecule has 1 saturated heterocycles. The number of aromatic amines is 1. The summed E-state index contributed by atoms with van der Waals surface area (Å²) in [4.78, 5) is 8.48. The SMILES string of the molecule is CC1C(C)[N+](c2cccc3cc[nH]c23)CCN1CCc1ccc(F)cc1. The lowest BCUT2D eigenvalue weighted by Crippen LogP contribution is -2.58. The van der Waals surface area contributed by atoms with E-state index in [2.05, 4.69) is 52.9 Å². The van der Waals surface area contributed by atoms with Crippen molar-refractivity contribution in [2.75, 3.05) is 19.6 Å². The Morgan fingerprint density at radius 3 is 2.73 bits per heavy atom. The summed E-state index contributed by atoms with van der Waals surface area (Å²) in [7, 11) is 0. The fourth-order valence-corrected chi connectivity index (χ4v) is 4.10. The van der Waals surface area contributed by atoms with Crippen molar-refractivity contribution in [3.63, 3.8) is 0 Å². The van der Waals surface area contributed by atoms with Gasteiger partial charge in [0.1, 0.15) is 17.9 Å². The minimum absolute atomic E-state index is 0.164. The van der Waals surface area contributed by atoms with Crippen LogP contribution in [0.4, 0.5) is 10.1 Å². The number of nitrogens with zero attached hydrogens (tertiary/aromatic N) is 2. The number of piperazine rings is 1. The van der Waals surface area contributed by atoms with Gasteiger partial charge in [-0.2, -0.15) is 0 Å². The molecule has 26 heavy (non-hydrogen) atoms. The van der Waals surface area contributed by atoms with Gasteiger partial charge in [0.15, 0.2) is 6.04 Å². The van der Waals surface area contributed by atoms with E-state index in [1.54, 1.807) is 12.1 Å². The van der Waals surface area contributed by atoms with Crippen molar-refractivity contribution >= 4 is 16.6 Å². The van der Waals surface area contributed by atoms with Crippen molar-refractivity contribution in [3.05, 3.63) is 66.1 Å². The zero-order valence-electron chi connectivity index (χ0n) is 15.5. The largest absolute Gasteiger partial charge is 0.356 e. The fraction of sp³-hybridized carbons (Fsp3) is 0.364. The number of anilines is 1. The van der Waals surface area contributed by atoms with Gasteiger partial charge in [-0.3, -0.25) is 4.90 Å². The van der Waals surface area contributed by atoms with E-state index in [9.17, 15) is 4.39 Å². The predicted molar refractivity (Wildman–Crippen MR) is 106 cm³/mol. The molecular weight excluding hydrogens is 325 g/mol. The molecule has 0 aliphatic carbocycles. The van der Waals surface area contributed by atoms with Crippen molar-refractivity contribution < 1.29 is 4.39 Å². The first kappa shape index (κ1) is 17.3. The van der Waals surface area contributed by atoms with Crippen LogP contribution < -0.4 is 4.90 Å². The molecule has 3 aromatic rings. The number of rotatable bonds is 4. The Labute approximate surface area is 154 Å². The van der Waals surface area contributed by atoms with Crippen molar-refractivity contribution in [1.82, 2.24) is 14.8 Å². The molecule has 4 heteroatoms. The summed E-state index contributed by atoms with van der Waals surface area (Å²) in [5.41, 5.74) is 3.72. The quantitative estimate of drug-likeness (QED) is 0.692. The lowest BCUT2D eigenvalue weighted by Gasteiger charge is -2.38. The summed E-state index contributed by atoms with van der Waals surface area (Å²) in [6.07, 6.45) is 2.98. The van der Waals surface area contributed by atoms with E-state index in [1.165, 1.54) is 22.2 Å². The summed E-state index contributed by atoms with van der Waals surface area (Å²) in [5.74, 6) is -0.164. The van der Waals surface area contributed by atoms with Gasteiger partial charge in [0.25, 0.3) is 0 Å². The molecule has 2 unspecified atom stereocenters. The second-order valence-corrected chi connectivity index (χ2v) is 7.31. The number of hydrogen-bond acceptors (Lipinski definition) is 2. The highest BCUT2D eigenvalue weighted by Crippen LogP contribution is 2.30. The van der Waals surface area contributed by atoms with E-state index in [0.29, 0.717) is 12.1 Å². The minimum atomic E-state index is -0.164. The number of benzene rings is 2. The van der Waals surface area contributed by atoms with Gasteiger partial charge < -0.3 is 4.98 Å². The molecule has 1 aromatic heterocycles. The molecule has 0 amide bonds. The van der Waals surface area contributed by atoms with Crippen molar-refractivity contribution in [2.24, 2.45) is 0 Å². The Bertz CT molecular complexity index is 870. The van der Waals surface area contributed by atoms with E-state index in [-0.39, 0.29) is 5.82 Å². The van der Waals surface area contributed by atoms with Crippen LogP contribution >= 0.6 is 0 Å². The molecule has 1 aliphatic rings. The molecule has 2 atom stereocenters. The number of aromatic nitrogens is 1. The van der Waals surface area contributed by atoms with Gasteiger partial charge in [-0.15, -0.1) is 4.90 Å². The lowest BCUT2D eigenvalue weighted by atomic mass is 10.0. The van der Waals surface area contributed by atoms with E-state index in [0.717, 1.165) is 26.1 Å². The highest BCUT2D eigenvalue weighted by molar-refractivity contribution is 5.89. The standard InChI is InChI=1S/C22H26FN3/c1-16-17(2)26(21-5-3-4-19-10-12-24-22(19)21)15-14-25(16)13-11-18-6-8-20(23)9-7-18/h3-10,12,16-17,24H,11,13-15H2,1-2H3/q+1. The highest BCUT2D eigenvalue weighted by Gasteiger charge is 2.39. The number of para-hydroxylation sites is 1. The molecule has 0 spiro atoms. The topological polar surface area (TPSA) is 24.9 Å². The number of nitrogens with one attached hydrogen (secondary N) is 1. The van der Waals surface area contributed by atoms with Crippen molar-refractivity contribution in [2.45, 2.75) is 32.4 Å². The Morgan fingerprint density at radius 2 is 1.92 bits per heavy atom. The monoisotopic (exact) mass is 351 g/mol. The van der Waals surface area contributed by atoms with Crippen molar-refractivity contribution in [3.8, 4) is 0 Å². The van der Waals surface area contributed by atoms with Crippen LogP contribution in [0.25, 0.3) is 10.9 Å². The zero-order valence-corrected chi connectivity index (χ0v) is 15.5. The average Bonchev–Trinajstić information content (AvgIpc) is 3.13. The van der Waals surface area contributed by atoms with E-state index >= 15 is 0 Å². The number of fused-ring (bicyclic) bond motifs is 1. The molecule has 0 bridgehead atoms. The summed E-state index contributed by atoms with van der Waals surface area (Å²) >= 11 is 0. The third-order valence-corrected chi connectivity index (χ3v) is 5.87. The van der Waals surface area contributed by atoms with Crippen LogP contribution in [0.3, 0.4) is 0 Å². The third kappa shape index (κ3) is 3.27. The lowest BCUT2D eigenvalue weighted by molar-refractivity contribution is 0.112. The molecule has 0 saturated carbocycles. The van der Waals surface area contributed by atoms with Crippen LogP contribution in [0.1, 0.15) is 19.4 Å². The molecule has 1 fully saturated rings. The Balaban J connectivity index is 1.46. The first-order valence-corrected chi connectivity index (χ1v) is 9.45. The Hall–Kier alpha value is -2.17. The fourth-order valence-electron chi connectivity index (χ4n) is 4.10. The van der Waals surface area contributed by atoms with Gasteiger partial charge in [0.2, 0.25) is 5.69 Å². The minimum Gasteiger partial charge on any atom is -0.356 e. The predicted octanol–water partition coefficient (Wildman–Crippen LogP) is 4.41. The first-order valence-electron chi connectivity index (χ1n) is 9.45. The molecule has 2 aromatic carbocycles. The Morgan fingerprint density at radius 1 is 1.12 bits per heavy atom. The molecule has 135 valence electrons. The summed E-state index contributed by atoms with van der Waals surface area (Å²) in [6, 6.07) is 16.4. The molecule has 1 aliphatic heterocycles. The summed E-state index contributed by atoms with van der Waals surface area (Å²) < 4.78 is 13.1. The van der Waals surface area contributed by atoms with Crippen LogP contribution in [0.15, 0.2) is 54.7 Å². The van der Waals surface area contributed by atoms with E-state index < -0.39 is 0 Å². The van der Waals surface area contributed by atoms with Crippen LogP contribution in [0.2, 0.25) is 0 Å². The number of halogens is 1. The smallest absolute Gasteiger partial charge is 0.205 e. The second kappa shape index (κ2) is 7.22. The highest BCUT2D eigenvalue weighted by atomic mass is 19.1. The van der Waals surface area contributed by atoms with Gasteiger partial charge in [0.05, 0.1) is 12.6 Å². The van der Waals surface area contributed by atoms with Gasteiger partial charge in [-0.25, -0.2) is 4.39 Å². The van der Waals surface area contributed by atoms with Gasteiger partial charge in [-0.05, 0) is 44.0 Å². The summed E-state index contributed by atoms with van der Waals surface area (Å²) in [5, 5.41) is 1.26. The average molecular weight is 351 g/mol. The molecule has 1 radical (unpaired) electrons. The first-order chi connectivity index (χ1) is 12.6. The van der Waals surface area contributed by atoms with E-state index in [4.69, 9.17) is 0 Å². The summed E-state index contributed by atoms with van der Waals surface area (Å²) in [6.45, 7) is 7.71. The van der Waals surface area contributed by atoms with Crippen LogP contribution in [-0.4, -0.2) is 41.6 Å². The maximum absolute atomic E-state index is 13.1. The molecule has 2 heterocycles.